The second kappa shape index (κ2) is 4.47. The molecule has 1 aromatic rings. The van der Waals surface area contributed by atoms with Gasteiger partial charge in [0.15, 0.2) is 11.6 Å². The number of hydrazine groups is 1. The number of rotatable bonds is 2. The van der Waals surface area contributed by atoms with Crippen LogP contribution in [0.4, 0.5) is 8.78 Å². The lowest BCUT2D eigenvalue weighted by Crippen LogP contribution is -2.37. The van der Waals surface area contributed by atoms with Crippen molar-refractivity contribution in [2.45, 2.75) is 33.7 Å². The van der Waals surface area contributed by atoms with Crippen LogP contribution in [-0.2, 0) is 0 Å². The molecule has 0 saturated carbocycles. The van der Waals surface area contributed by atoms with Gasteiger partial charge < -0.3 is 0 Å². The van der Waals surface area contributed by atoms with Gasteiger partial charge >= 0.3 is 0 Å². The van der Waals surface area contributed by atoms with Crippen molar-refractivity contribution in [2.75, 3.05) is 0 Å². The van der Waals surface area contributed by atoms with Crippen LogP contribution < -0.4 is 11.3 Å². The minimum Gasteiger partial charge on any atom is -0.271 e. The molecule has 0 bridgehead atoms. The molecule has 0 aliphatic rings. The summed E-state index contributed by atoms with van der Waals surface area (Å²) in [7, 11) is 0. The van der Waals surface area contributed by atoms with Crippen molar-refractivity contribution >= 4 is 0 Å². The van der Waals surface area contributed by atoms with Crippen LogP contribution in [0.5, 0.6) is 0 Å². The van der Waals surface area contributed by atoms with Crippen LogP contribution in [0.25, 0.3) is 0 Å². The summed E-state index contributed by atoms with van der Waals surface area (Å²) in [6, 6.07) is 2.70. The molecule has 0 aliphatic carbocycles. The highest BCUT2D eigenvalue weighted by molar-refractivity contribution is 5.28. The Labute approximate surface area is 94.8 Å². The second-order valence-electron chi connectivity index (χ2n) is 5.07. The number of hydrogen-bond donors (Lipinski definition) is 2. The van der Waals surface area contributed by atoms with E-state index in [1.54, 1.807) is 12.1 Å². The molecule has 1 rings (SSSR count). The van der Waals surface area contributed by atoms with Crippen molar-refractivity contribution in [1.29, 1.82) is 0 Å². The average molecular weight is 228 g/mol. The Kier molecular flexibility index (Phi) is 3.65. The van der Waals surface area contributed by atoms with Gasteiger partial charge in [0.25, 0.3) is 0 Å². The maximum Gasteiger partial charge on any atom is 0.163 e. The first-order chi connectivity index (χ1) is 7.29. The molecule has 16 heavy (non-hydrogen) atoms. The predicted molar refractivity (Wildman–Crippen MR) is 60.6 cm³/mol. The summed E-state index contributed by atoms with van der Waals surface area (Å²) < 4.78 is 27.2. The van der Waals surface area contributed by atoms with Gasteiger partial charge in [-0.2, -0.15) is 0 Å². The van der Waals surface area contributed by atoms with Gasteiger partial charge in [-0.25, -0.2) is 8.78 Å². The summed E-state index contributed by atoms with van der Waals surface area (Å²) >= 11 is 0. The number of nitrogens with one attached hydrogen (secondary N) is 1. The Morgan fingerprint density at radius 1 is 1.19 bits per heavy atom. The Morgan fingerprint density at radius 3 is 2.19 bits per heavy atom. The van der Waals surface area contributed by atoms with E-state index < -0.39 is 17.7 Å². The summed E-state index contributed by atoms with van der Waals surface area (Å²) in [5, 5.41) is 0. The van der Waals surface area contributed by atoms with E-state index in [0.29, 0.717) is 5.56 Å². The van der Waals surface area contributed by atoms with Crippen LogP contribution in [0.2, 0.25) is 0 Å². The van der Waals surface area contributed by atoms with Crippen molar-refractivity contribution < 1.29 is 8.78 Å². The summed E-state index contributed by atoms with van der Waals surface area (Å²) in [5.41, 5.74) is 2.80. The van der Waals surface area contributed by atoms with Crippen molar-refractivity contribution in [3.8, 4) is 0 Å². The van der Waals surface area contributed by atoms with E-state index in [9.17, 15) is 8.78 Å². The SMILES string of the molecule is Cc1ccc(C(NN)C(C)(C)C)c(F)c1F. The lowest BCUT2D eigenvalue weighted by Gasteiger charge is -2.30. The van der Waals surface area contributed by atoms with E-state index in [1.807, 2.05) is 20.8 Å². The minimum absolute atomic E-state index is 0.262. The molecule has 0 saturated heterocycles. The average Bonchev–Trinajstić information content (AvgIpc) is 2.17. The molecule has 0 aromatic heterocycles. The van der Waals surface area contributed by atoms with E-state index >= 15 is 0 Å². The molecule has 0 spiro atoms. The molecular formula is C12H18F2N2. The number of nitrogens with two attached hydrogens (primary N) is 1. The Bertz CT molecular complexity index is 383. The molecule has 0 fully saturated rings. The fraction of sp³-hybridized carbons (Fsp3) is 0.500. The zero-order valence-corrected chi connectivity index (χ0v) is 10.1. The summed E-state index contributed by atoms with van der Waals surface area (Å²) in [6.07, 6.45) is 0. The number of aryl methyl sites for hydroxylation is 1. The Morgan fingerprint density at radius 2 is 1.75 bits per heavy atom. The molecule has 0 heterocycles. The van der Waals surface area contributed by atoms with Crippen molar-refractivity contribution in [3.05, 3.63) is 34.9 Å². The molecule has 2 nitrogen and oxygen atoms in total. The van der Waals surface area contributed by atoms with E-state index in [0.717, 1.165) is 0 Å². The van der Waals surface area contributed by atoms with Gasteiger partial charge in [0.05, 0.1) is 6.04 Å². The van der Waals surface area contributed by atoms with Crippen LogP contribution in [0.1, 0.15) is 37.9 Å². The molecule has 1 aromatic carbocycles. The fourth-order valence-corrected chi connectivity index (χ4v) is 1.69. The van der Waals surface area contributed by atoms with E-state index in [-0.39, 0.29) is 11.0 Å². The Hall–Kier alpha value is -1.00. The summed E-state index contributed by atoms with van der Waals surface area (Å²) in [5.74, 6) is 3.78. The number of benzene rings is 1. The van der Waals surface area contributed by atoms with Crippen LogP contribution in [-0.4, -0.2) is 0 Å². The van der Waals surface area contributed by atoms with Gasteiger partial charge in [-0.05, 0) is 17.9 Å². The quantitative estimate of drug-likeness (QED) is 0.603. The summed E-state index contributed by atoms with van der Waals surface area (Å²) in [4.78, 5) is 0. The van der Waals surface area contributed by atoms with Crippen molar-refractivity contribution in [3.63, 3.8) is 0 Å². The van der Waals surface area contributed by atoms with Gasteiger partial charge in [-0.3, -0.25) is 11.3 Å². The van der Waals surface area contributed by atoms with Crippen molar-refractivity contribution in [2.24, 2.45) is 11.3 Å². The fourth-order valence-electron chi connectivity index (χ4n) is 1.69. The molecule has 90 valence electrons. The third-order valence-electron chi connectivity index (χ3n) is 2.65. The predicted octanol–water partition coefficient (Wildman–Crippen LogP) is 2.82. The Balaban J connectivity index is 3.27. The maximum atomic E-state index is 13.8. The first-order valence-corrected chi connectivity index (χ1v) is 5.19. The normalized spacial score (nSPS) is 13.9. The van der Waals surface area contributed by atoms with Gasteiger partial charge in [0.1, 0.15) is 0 Å². The molecule has 1 unspecified atom stereocenters. The standard InChI is InChI=1S/C12H18F2N2/c1-7-5-6-8(10(14)9(7)13)11(16-15)12(2,3)4/h5-6,11,16H,15H2,1-4H3. The van der Waals surface area contributed by atoms with Crippen molar-refractivity contribution in [1.82, 2.24) is 5.43 Å². The van der Waals surface area contributed by atoms with Crippen LogP contribution >= 0.6 is 0 Å². The molecular weight excluding hydrogens is 210 g/mol. The molecule has 0 aliphatic heterocycles. The highest BCUT2D eigenvalue weighted by atomic mass is 19.2. The lowest BCUT2D eigenvalue weighted by molar-refractivity contribution is 0.266. The number of halogens is 2. The molecule has 0 radical (unpaired) electrons. The minimum atomic E-state index is -0.821. The first-order valence-electron chi connectivity index (χ1n) is 5.19. The third-order valence-corrected chi connectivity index (χ3v) is 2.65. The van der Waals surface area contributed by atoms with Gasteiger partial charge in [-0.15, -0.1) is 0 Å². The molecule has 3 N–H and O–H groups in total. The van der Waals surface area contributed by atoms with Gasteiger partial charge in [0, 0.05) is 5.56 Å². The first kappa shape index (κ1) is 13.1. The third kappa shape index (κ3) is 2.39. The van der Waals surface area contributed by atoms with Gasteiger partial charge in [0.2, 0.25) is 0 Å². The molecule has 4 heteroatoms. The van der Waals surface area contributed by atoms with Crippen LogP contribution in [0, 0.1) is 24.0 Å². The van der Waals surface area contributed by atoms with E-state index in [1.165, 1.54) is 6.92 Å². The van der Waals surface area contributed by atoms with Crippen LogP contribution in [0.15, 0.2) is 12.1 Å². The zero-order valence-electron chi connectivity index (χ0n) is 10.1. The topological polar surface area (TPSA) is 38.0 Å². The summed E-state index contributed by atoms with van der Waals surface area (Å²) in [6.45, 7) is 7.27. The highest BCUT2D eigenvalue weighted by Gasteiger charge is 2.28. The second-order valence-corrected chi connectivity index (χ2v) is 5.07. The smallest absolute Gasteiger partial charge is 0.163 e. The zero-order chi connectivity index (χ0) is 12.5. The molecule has 1 atom stereocenters. The lowest BCUT2D eigenvalue weighted by atomic mass is 9.82. The maximum absolute atomic E-state index is 13.8. The van der Waals surface area contributed by atoms with E-state index in [2.05, 4.69) is 5.43 Å². The molecule has 0 amide bonds. The van der Waals surface area contributed by atoms with Gasteiger partial charge in [-0.1, -0.05) is 32.9 Å². The number of hydrogen-bond acceptors (Lipinski definition) is 2. The highest BCUT2D eigenvalue weighted by Crippen LogP contribution is 2.34. The van der Waals surface area contributed by atoms with Crippen LogP contribution in [0.3, 0.4) is 0 Å². The van der Waals surface area contributed by atoms with E-state index in [4.69, 9.17) is 5.84 Å². The monoisotopic (exact) mass is 228 g/mol. The largest absolute Gasteiger partial charge is 0.271 e.